The zero-order valence-electron chi connectivity index (χ0n) is 12.7. The van der Waals surface area contributed by atoms with Crippen LogP contribution in [0.4, 0.5) is 5.69 Å². The number of hydrogen-bond donors (Lipinski definition) is 1. The number of amides is 2. The van der Waals surface area contributed by atoms with Crippen LogP contribution in [0.15, 0.2) is 29.1 Å². The molecule has 23 heavy (non-hydrogen) atoms. The lowest BCUT2D eigenvalue weighted by Crippen LogP contribution is -2.50. The number of H-pyrrole nitrogens is 1. The van der Waals surface area contributed by atoms with Crippen LogP contribution in [-0.4, -0.2) is 46.5 Å². The second kappa shape index (κ2) is 5.49. The second-order valence-corrected chi connectivity index (χ2v) is 7.05. The summed E-state index contributed by atoms with van der Waals surface area (Å²) in [6.07, 6.45) is 4.11. The van der Waals surface area contributed by atoms with Gasteiger partial charge in [-0.1, -0.05) is 0 Å². The van der Waals surface area contributed by atoms with Gasteiger partial charge in [0.2, 0.25) is 5.91 Å². The van der Waals surface area contributed by atoms with Crippen molar-refractivity contribution in [3.05, 3.63) is 34.8 Å². The highest BCUT2D eigenvalue weighted by atomic mass is 32.1. The quantitative estimate of drug-likeness (QED) is 0.917. The third-order valence-corrected chi connectivity index (χ3v) is 5.60. The van der Waals surface area contributed by atoms with E-state index >= 15 is 0 Å². The molecule has 2 amide bonds. The van der Waals surface area contributed by atoms with E-state index in [9.17, 15) is 9.59 Å². The highest BCUT2D eigenvalue weighted by Gasteiger charge is 2.50. The predicted molar refractivity (Wildman–Crippen MR) is 87.4 cm³/mol. The van der Waals surface area contributed by atoms with Crippen LogP contribution in [-0.2, 0) is 4.79 Å². The van der Waals surface area contributed by atoms with Gasteiger partial charge in [0.05, 0.1) is 11.1 Å². The van der Waals surface area contributed by atoms with Gasteiger partial charge in [-0.15, -0.1) is 0 Å². The Balaban J connectivity index is 1.55. The van der Waals surface area contributed by atoms with Gasteiger partial charge in [-0.25, -0.2) is 0 Å². The molecule has 0 aromatic carbocycles. The first kappa shape index (κ1) is 14.4. The molecule has 2 aromatic rings. The van der Waals surface area contributed by atoms with Crippen LogP contribution in [0, 0.1) is 5.41 Å². The number of carbonyl (C=O) groups excluding carboxylic acids is 2. The fourth-order valence-corrected chi connectivity index (χ4v) is 4.35. The molecule has 120 valence electrons. The molecule has 2 fully saturated rings. The Kier molecular flexibility index (Phi) is 3.45. The standard InChI is InChI=1S/C16H18N4O2S/c21-14(13-2-6-17-18-13)19-7-1-4-16(11-19)5-8-20(15(16)22)12-3-9-23-10-12/h2-3,6,9-10H,1,4-5,7-8,11H2,(H,17,18). The van der Waals surface area contributed by atoms with Gasteiger partial charge < -0.3 is 9.80 Å². The van der Waals surface area contributed by atoms with Crippen LogP contribution in [0.2, 0.25) is 0 Å². The first-order valence-corrected chi connectivity index (χ1v) is 8.77. The van der Waals surface area contributed by atoms with Crippen LogP contribution in [0.3, 0.4) is 0 Å². The maximum atomic E-state index is 13.0. The Morgan fingerprint density at radius 2 is 2.22 bits per heavy atom. The molecule has 4 heterocycles. The average molecular weight is 330 g/mol. The van der Waals surface area contributed by atoms with Gasteiger partial charge in [-0.3, -0.25) is 14.7 Å². The van der Waals surface area contributed by atoms with Gasteiger partial charge in [0.25, 0.3) is 5.91 Å². The van der Waals surface area contributed by atoms with E-state index in [4.69, 9.17) is 0 Å². The summed E-state index contributed by atoms with van der Waals surface area (Å²) in [7, 11) is 0. The number of aromatic amines is 1. The molecule has 2 aliphatic rings. The molecule has 0 saturated carbocycles. The van der Waals surface area contributed by atoms with E-state index in [0.717, 1.165) is 31.5 Å². The minimum absolute atomic E-state index is 0.0663. The van der Waals surface area contributed by atoms with Gasteiger partial charge in [0, 0.05) is 31.2 Å². The number of likely N-dealkylation sites (tertiary alicyclic amines) is 1. The van der Waals surface area contributed by atoms with E-state index in [2.05, 4.69) is 10.2 Å². The third kappa shape index (κ3) is 2.35. The Bertz CT molecular complexity index is 713. The molecule has 0 radical (unpaired) electrons. The Hall–Kier alpha value is -2.15. The summed E-state index contributed by atoms with van der Waals surface area (Å²) >= 11 is 1.60. The SMILES string of the molecule is O=C(c1ccn[nH]1)N1CCCC2(CCN(c3ccsc3)C2=O)C1. The number of hydrogen-bond acceptors (Lipinski definition) is 4. The van der Waals surface area contributed by atoms with E-state index in [1.54, 1.807) is 28.5 Å². The Morgan fingerprint density at radius 3 is 2.96 bits per heavy atom. The summed E-state index contributed by atoms with van der Waals surface area (Å²) in [5, 5.41) is 10.6. The minimum Gasteiger partial charge on any atom is -0.336 e. The van der Waals surface area contributed by atoms with E-state index in [1.165, 1.54) is 0 Å². The maximum absolute atomic E-state index is 13.0. The number of aromatic nitrogens is 2. The first-order valence-electron chi connectivity index (χ1n) is 7.82. The Labute approximate surface area is 138 Å². The van der Waals surface area contributed by atoms with Crippen molar-refractivity contribution in [2.45, 2.75) is 19.3 Å². The monoisotopic (exact) mass is 330 g/mol. The third-order valence-electron chi connectivity index (χ3n) is 4.93. The number of anilines is 1. The first-order chi connectivity index (χ1) is 11.2. The van der Waals surface area contributed by atoms with Gasteiger partial charge in [0.15, 0.2) is 0 Å². The van der Waals surface area contributed by atoms with Crippen LogP contribution < -0.4 is 4.90 Å². The summed E-state index contributed by atoms with van der Waals surface area (Å²) in [5.74, 6) is 0.0985. The lowest BCUT2D eigenvalue weighted by molar-refractivity contribution is -0.127. The second-order valence-electron chi connectivity index (χ2n) is 6.27. The number of nitrogens with zero attached hydrogens (tertiary/aromatic N) is 3. The van der Waals surface area contributed by atoms with Gasteiger partial charge in [-0.05, 0) is 36.8 Å². The molecule has 1 unspecified atom stereocenters. The molecule has 0 bridgehead atoms. The van der Waals surface area contributed by atoms with Crippen LogP contribution in [0.1, 0.15) is 29.8 Å². The summed E-state index contributed by atoms with van der Waals surface area (Å²) in [4.78, 5) is 29.2. The molecule has 1 spiro atoms. The van der Waals surface area contributed by atoms with Crippen molar-refractivity contribution in [3.8, 4) is 0 Å². The summed E-state index contributed by atoms with van der Waals surface area (Å²) in [6, 6.07) is 3.66. The van der Waals surface area contributed by atoms with Gasteiger partial charge >= 0.3 is 0 Å². The molecule has 6 nitrogen and oxygen atoms in total. The molecule has 0 aliphatic carbocycles. The van der Waals surface area contributed by atoms with Crippen LogP contribution >= 0.6 is 11.3 Å². The summed E-state index contributed by atoms with van der Waals surface area (Å²) in [6.45, 7) is 1.94. The zero-order chi connectivity index (χ0) is 15.9. The highest BCUT2D eigenvalue weighted by Crippen LogP contribution is 2.42. The van der Waals surface area contributed by atoms with Crippen molar-refractivity contribution in [3.63, 3.8) is 0 Å². The Morgan fingerprint density at radius 1 is 1.30 bits per heavy atom. The van der Waals surface area contributed by atoms with Crippen LogP contribution in [0.5, 0.6) is 0 Å². The number of piperidine rings is 1. The lowest BCUT2D eigenvalue weighted by Gasteiger charge is -2.38. The lowest BCUT2D eigenvalue weighted by atomic mass is 9.78. The molecule has 2 saturated heterocycles. The van der Waals surface area contributed by atoms with Gasteiger partial charge in [-0.2, -0.15) is 16.4 Å². The predicted octanol–water partition coefficient (Wildman–Crippen LogP) is 2.13. The van der Waals surface area contributed by atoms with Crippen molar-refractivity contribution in [2.75, 3.05) is 24.5 Å². The smallest absolute Gasteiger partial charge is 0.271 e. The highest BCUT2D eigenvalue weighted by molar-refractivity contribution is 7.08. The van der Waals surface area contributed by atoms with E-state index in [1.807, 2.05) is 21.7 Å². The molecule has 2 aliphatic heterocycles. The molecule has 2 aromatic heterocycles. The number of carbonyl (C=O) groups is 2. The molecular formula is C16H18N4O2S. The van der Waals surface area contributed by atoms with Gasteiger partial charge in [0.1, 0.15) is 5.69 Å². The van der Waals surface area contributed by atoms with Crippen LogP contribution in [0.25, 0.3) is 0 Å². The number of thiophene rings is 1. The van der Waals surface area contributed by atoms with Crippen molar-refractivity contribution >= 4 is 28.8 Å². The van der Waals surface area contributed by atoms with Crippen molar-refractivity contribution in [1.29, 1.82) is 0 Å². The fraction of sp³-hybridized carbons (Fsp3) is 0.438. The average Bonchev–Trinajstić information content (AvgIpc) is 3.31. The largest absolute Gasteiger partial charge is 0.336 e. The van der Waals surface area contributed by atoms with Crippen molar-refractivity contribution in [1.82, 2.24) is 15.1 Å². The molecular weight excluding hydrogens is 312 g/mol. The summed E-state index contributed by atoms with van der Waals surface area (Å²) < 4.78 is 0. The van der Waals surface area contributed by atoms with E-state index in [0.29, 0.717) is 18.8 Å². The van der Waals surface area contributed by atoms with Crippen molar-refractivity contribution < 1.29 is 9.59 Å². The molecule has 1 N–H and O–H groups in total. The number of rotatable bonds is 2. The zero-order valence-corrected chi connectivity index (χ0v) is 13.5. The van der Waals surface area contributed by atoms with E-state index in [-0.39, 0.29) is 11.8 Å². The molecule has 7 heteroatoms. The number of nitrogens with one attached hydrogen (secondary N) is 1. The minimum atomic E-state index is -0.421. The summed E-state index contributed by atoms with van der Waals surface area (Å²) in [5.41, 5.74) is 1.05. The molecule has 4 rings (SSSR count). The topological polar surface area (TPSA) is 69.3 Å². The van der Waals surface area contributed by atoms with E-state index < -0.39 is 5.41 Å². The normalized spacial score (nSPS) is 24.6. The maximum Gasteiger partial charge on any atom is 0.271 e. The van der Waals surface area contributed by atoms with Crippen molar-refractivity contribution in [2.24, 2.45) is 5.41 Å². The molecule has 1 atom stereocenters. The fourth-order valence-electron chi connectivity index (χ4n) is 3.71.